The van der Waals surface area contributed by atoms with Crippen molar-refractivity contribution in [3.05, 3.63) is 37.4 Å². The van der Waals surface area contributed by atoms with Crippen LogP contribution < -0.4 is 5.32 Å². The van der Waals surface area contributed by atoms with Crippen molar-refractivity contribution < 1.29 is 4.79 Å². The van der Waals surface area contributed by atoms with Gasteiger partial charge in [-0.15, -0.1) is 22.7 Å². The third-order valence-corrected chi connectivity index (χ3v) is 5.89. The Balaban J connectivity index is 2.45. The molecule has 0 radical (unpaired) electrons. The molecule has 0 aliphatic rings. The van der Waals surface area contributed by atoms with Crippen molar-refractivity contribution in [3.8, 4) is 6.07 Å². The summed E-state index contributed by atoms with van der Waals surface area (Å²) < 4.78 is 0.829. The normalized spacial score (nSPS) is 14.2. The van der Waals surface area contributed by atoms with Crippen LogP contribution in [0.15, 0.2) is 32.5 Å². The van der Waals surface area contributed by atoms with Crippen LogP contribution >= 0.6 is 38.6 Å². The fourth-order valence-electron chi connectivity index (χ4n) is 2.06. The van der Waals surface area contributed by atoms with Crippen molar-refractivity contribution in [1.82, 2.24) is 10.3 Å². The number of aliphatic imine (C=N–C) groups is 1. The average Bonchev–Trinajstić information content (AvgIpc) is 3.17. The van der Waals surface area contributed by atoms with E-state index in [0.29, 0.717) is 5.71 Å². The molecule has 0 aliphatic carbocycles. The summed E-state index contributed by atoms with van der Waals surface area (Å²) in [6.45, 7) is 5.64. The Bertz CT molecular complexity index is 761. The number of nitrogens with one attached hydrogen (secondary N) is 1. The molecule has 2 aromatic heterocycles. The van der Waals surface area contributed by atoms with Crippen LogP contribution in [0.2, 0.25) is 0 Å². The molecule has 2 atom stereocenters. The van der Waals surface area contributed by atoms with Gasteiger partial charge >= 0.3 is 0 Å². The first-order chi connectivity index (χ1) is 11.4. The molecule has 2 aromatic rings. The molecule has 0 aliphatic heterocycles. The lowest BCUT2D eigenvalue weighted by molar-refractivity contribution is -0.122. The topological polar surface area (TPSA) is 78.1 Å². The number of thiazole rings is 1. The summed E-state index contributed by atoms with van der Waals surface area (Å²) in [6.07, 6.45) is 1.72. The second kappa shape index (κ2) is 8.51. The smallest absolute Gasteiger partial charge is 0.243 e. The summed E-state index contributed by atoms with van der Waals surface area (Å²) in [4.78, 5) is 22.2. The van der Waals surface area contributed by atoms with Crippen molar-refractivity contribution in [3.63, 3.8) is 0 Å². The lowest BCUT2D eigenvalue weighted by Crippen LogP contribution is -2.38. The Hall–Kier alpha value is -1.56. The van der Waals surface area contributed by atoms with Crippen LogP contribution in [-0.4, -0.2) is 22.6 Å². The van der Waals surface area contributed by atoms with Gasteiger partial charge in [-0.25, -0.2) is 4.98 Å². The van der Waals surface area contributed by atoms with Gasteiger partial charge in [-0.05, 0) is 48.1 Å². The van der Waals surface area contributed by atoms with E-state index in [1.807, 2.05) is 37.6 Å². The first kappa shape index (κ1) is 18.8. The summed E-state index contributed by atoms with van der Waals surface area (Å²) in [5, 5.41) is 17.0. The number of carbonyl (C=O) groups excluding carboxylic acids is 1. The molecule has 0 spiro atoms. The van der Waals surface area contributed by atoms with E-state index in [1.165, 1.54) is 22.7 Å². The predicted molar refractivity (Wildman–Crippen MR) is 101 cm³/mol. The molecule has 0 bridgehead atoms. The highest BCUT2D eigenvalue weighted by Crippen LogP contribution is 2.29. The Morgan fingerprint density at radius 3 is 2.62 bits per heavy atom. The van der Waals surface area contributed by atoms with Crippen LogP contribution in [0.25, 0.3) is 0 Å². The number of carbonyl (C=O) groups is 1. The van der Waals surface area contributed by atoms with Gasteiger partial charge in [0, 0.05) is 22.1 Å². The number of aromatic nitrogens is 1. The van der Waals surface area contributed by atoms with Gasteiger partial charge in [0.25, 0.3) is 0 Å². The maximum atomic E-state index is 12.5. The number of rotatable bonds is 6. The standard InChI is InChI=1S/C16H17BrN4OS2/c1-9(2)20-15(22)11(8-18)13(14-12(17)4-6-23-14)21-10(3)16-19-5-7-24-16/h4-7,9-11H,1-3H3,(H,20,22). The Kier molecular flexibility index (Phi) is 6.66. The number of amides is 1. The number of nitriles is 1. The lowest BCUT2D eigenvalue weighted by atomic mass is 10.0. The lowest BCUT2D eigenvalue weighted by Gasteiger charge is -2.16. The van der Waals surface area contributed by atoms with Crippen LogP contribution in [0.5, 0.6) is 0 Å². The van der Waals surface area contributed by atoms with Gasteiger partial charge in [0.05, 0.1) is 22.7 Å². The van der Waals surface area contributed by atoms with E-state index in [9.17, 15) is 10.1 Å². The molecule has 126 valence electrons. The highest BCUT2D eigenvalue weighted by atomic mass is 79.9. The van der Waals surface area contributed by atoms with E-state index in [-0.39, 0.29) is 18.0 Å². The molecular weight excluding hydrogens is 408 g/mol. The summed E-state index contributed by atoms with van der Waals surface area (Å²) in [7, 11) is 0. The van der Waals surface area contributed by atoms with Gasteiger partial charge in [-0.2, -0.15) is 5.26 Å². The van der Waals surface area contributed by atoms with Crippen molar-refractivity contribution in [2.24, 2.45) is 10.9 Å². The highest BCUT2D eigenvalue weighted by molar-refractivity contribution is 9.10. The van der Waals surface area contributed by atoms with Crippen LogP contribution in [0, 0.1) is 17.2 Å². The Labute approximate surface area is 157 Å². The van der Waals surface area contributed by atoms with Gasteiger partial charge < -0.3 is 5.32 Å². The van der Waals surface area contributed by atoms with Gasteiger partial charge in [0.1, 0.15) is 5.01 Å². The Morgan fingerprint density at radius 2 is 2.12 bits per heavy atom. The van der Waals surface area contributed by atoms with Crippen molar-refractivity contribution in [1.29, 1.82) is 5.26 Å². The zero-order valence-corrected chi connectivity index (χ0v) is 16.7. The van der Waals surface area contributed by atoms with Crippen LogP contribution in [-0.2, 0) is 4.79 Å². The molecule has 0 saturated carbocycles. The van der Waals surface area contributed by atoms with Gasteiger partial charge in [0.15, 0.2) is 5.92 Å². The second-order valence-electron chi connectivity index (χ2n) is 5.38. The minimum absolute atomic E-state index is 0.0437. The summed E-state index contributed by atoms with van der Waals surface area (Å²) in [5.74, 6) is -1.30. The SMILES string of the molecule is CC(C)NC(=O)C(C#N)C(=NC(C)c1nccs1)c1sccc1Br. The van der Waals surface area contributed by atoms with E-state index in [0.717, 1.165) is 14.4 Å². The molecule has 0 saturated heterocycles. The largest absolute Gasteiger partial charge is 0.352 e. The zero-order valence-electron chi connectivity index (χ0n) is 13.5. The molecular formula is C16H17BrN4OS2. The molecule has 0 aromatic carbocycles. The van der Waals surface area contributed by atoms with Crippen LogP contribution in [0.1, 0.15) is 36.7 Å². The van der Waals surface area contributed by atoms with E-state index in [2.05, 4.69) is 37.3 Å². The van der Waals surface area contributed by atoms with Crippen molar-refractivity contribution in [2.75, 3.05) is 0 Å². The van der Waals surface area contributed by atoms with E-state index in [1.54, 1.807) is 6.20 Å². The minimum atomic E-state index is -0.968. The Morgan fingerprint density at radius 1 is 1.38 bits per heavy atom. The molecule has 5 nitrogen and oxygen atoms in total. The van der Waals surface area contributed by atoms with Gasteiger partial charge in [-0.3, -0.25) is 9.79 Å². The van der Waals surface area contributed by atoms with E-state index < -0.39 is 5.92 Å². The zero-order chi connectivity index (χ0) is 17.7. The number of thiophene rings is 1. The molecule has 24 heavy (non-hydrogen) atoms. The fraction of sp³-hybridized carbons (Fsp3) is 0.375. The van der Waals surface area contributed by atoms with E-state index in [4.69, 9.17) is 0 Å². The number of halogens is 1. The molecule has 1 amide bonds. The fourth-order valence-corrected chi connectivity index (χ4v) is 4.29. The predicted octanol–water partition coefficient (Wildman–Crippen LogP) is 4.18. The van der Waals surface area contributed by atoms with Crippen LogP contribution in [0.3, 0.4) is 0 Å². The van der Waals surface area contributed by atoms with Crippen molar-refractivity contribution in [2.45, 2.75) is 32.9 Å². The first-order valence-electron chi connectivity index (χ1n) is 7.34. The van der Waals surface area contributed by atoms with Gasteiger partial charge in [0.2, 0.25) is 5.91 Å². The monoisotopic (exact) mass is 424 g/mol. The third-order valence-electron chi connectivity index (χ3n) is 3.09. The maximum absolute atomic E-state index is 12.5. The molecule has 8 heteroatoms. The number of nitrogens with zero attached hydrogens (tertiary/aromatic N) is 3. The van der Waals surface area contributed by atoms with Crippen LogP contribution in [0.4, 0.5) is 0 Å². The molecule has 2 heterocycles. The molecule has 0 fully saturated rings. The maximum Gasteiger partial charge on any atom is 0.243 e. The van der Waals surface area contributed by atoms with E-state index >= 15 is 0 Å². The molecule has 1 N–H and O–H groups in total. The molecule has 2 rings (SSSR count). The summed E-state index contributed by atoms with van der Waals surface area (Å²) in [6, 6.07) is 3.72. The minimum Gasteiger partial charge on any atom is -0.352 e. The highest BCUT2D eigenvalue weighted by Gasteiger charge is 2.29. The quantitative estimate of drug-likeness (QED) is 0.706. The number of hydrogen-bond acceptors (Lipinski definition) is 6. The third kappa shape index (κ3) is 4.50. The summed E-state index contributed by atoms with van der Waals surface area (Å²) >= 11 is 6.43. The first-order valence-corrected chi connectivity index (χ1v) is 9.89. The van der Waals surface area contributed by atoms with Crippen molar-refractivity contribution >= 4 is 50.2 Å². The molecule has 2 unspecified atom stereocenters. The van der Waals surface area contributed by atoms with Gasteiger partial charge in [-0.1, -0.05) is 0 Å². The average molecular weight is 425 g/mol. The summed E-state index contributed by atoms with van der Waals surface area (Å²) in [5.41, 5.74) is 0.472. The second-order valence-corrected chi connectivity index (χ2v) is 8.08. The number of hydrogen-bond donors (Lipinski definition) is 1.